The Labute approximate surface area is 106 Å². The zero-order valence-electron chi connectivity index (χ0n) is 11.6. The van der Waals surface area contributed by atoms with Crippen molar-refractivity contribution >= 4 is 0 Å². The topological polar surface area (TPSA) is 24.5 Å². The van der Waals surface area contributed by atoms with Gasteiger partial charge < -0.3 is 10.1 Å². The van der Waals surface area contributed by atoms with Crippen LogP contribution in [-0.2, 0) is 4.74 Å². The molecule has 1 N–H and O–H groups in total. The fourth-order valence-corrected chi connectivity index (χ4v) is 2.92. The molecule has 2 rings (SSSR count). The normalized spacial score (nSPS) is 37.2. The maximum absolute atomic E-state index is 5.76. The molecule has 0 radical (unpaired) electrons. The minimum Gasteiger partial charge on any atom is -0.377 e. The standard InChI is InChI=1S/C14H28N2O/c1-4-11(2)14-10-16(12(3)8-15-14)9-13-6-5-7-17-13/h11-15H,4-10H2,1-3H3. The SMILES string of the molecule is CCC(C)C1CN(CC2CCCO2)C(C)CN1. The summed E-state index contributed by atoms with van der Waals surface area (Å²) < 4.78 is 5.76. The number of nitrogens with zero attached hydrogens (tertiary/aromatic N) is 1. The van der Waals surface area contributed by atoms with Gasteiger partial charge in [0.1, 0.15) is 0 Å². The molecular formula is C14H28N2O. The molecule has 0 amide bonds. The highest BCUT2D eigenvalue weighted by Gasteiger charge is 2.30. The molecule has 3 heteroatoms. The Morgan fingerprint density at radius 3 is 2.94 bits per heavy atom. The van der Waals surface area contributed by atoms with Crippen molar-refractivity contribution in [2.45, 2.75) is 58.2 Å². The molecule has 0 aromatic rings. The van der Waals surface area contributed by atoms with E-state index in [1.165, 1.54) is 25.8 Å². The first-order valence-electron chi connectivity index (χ1n) is 7.29. The molecule has 2 aliphatic heterocycles. The first-order valence-corrected chi connectivity index (χ1v) is 7.29. The minimum atomic E-state index is 0.494. The summed E-state index contributed by atoms with van der Waals surface area (Å²) in [6.45, 7) is 11.4. The molecule has 4 atom stereocenters. The summed E-state index contributed by atoms with van der Waals surface area (Å²) in [7, 11) is 0. The highest BCUT2D eigenvalue weighted by atomic mass is 16.5. The molecule has 0 aromatic carbocycles. The van der Waals surface area contributed by atoms with Crippen LogP contribution in [0, 0.1) is 5.92 Å². The van der Waals surface area contributed by atoms with E-state index in [9.17, 15) is 0 Å². The molecule has 2 saturated heterocycles. The average Bonchev–Trinajstić information content (AvgIpc) is 2.84. The van der Waals surface area contributed by atoms with Gasteiger partial charge in [-0.3, -0.25) is 4.90 Å². The smallest absolute Gasteiger partial charge is 0.0702 e. The number of hydrogen-bond acceptors (Lipinski definition) is 3. The number of hydrogen-bond donors (Lipinski definition) is 1. The highest BCUT2D eigenvalue weighted by Crippen LogP contribution is 2.19. The van der Waals surface area contributed by atoms with E-state index in [2.05, 4.69) is 31.0 Å². The Bertz CT molecular complexity index is 228. The molecular weight excluding hydrogens is 212 g/mol. The zero-order chi connectivity index (χ0) is 12.3. The van der Waals surface area contributed by atoms with Crippen LogP contribution in [0.15, 0.2) is 0 Å². The number of piperazine rings is 1. The molecule has 100 valence electrons. The fraction of sp³-hybridized carbons (Fsp3) is 1.00. The zero-order valence-corrected chi connectivity index (χ0v) is 11.6. The van der Waals surface area contributed by atoms with Gasteiger partial charge in [-0.1, -0.05) is 20.3 Å². The molecule has 0 saturated carbocycles. The number of rotatable bonds is 4. The van der Waals surface area contributed by atoms with Gasteiger partial charge in [0.25, 0.3) is 0 Å². The first-order chi connectivity index (χ1) is 8.20. The van der Waals surface area contributed by atoms with Crippen molar-refractivity contribution < 1.29 is 4.74 Å². The second kappa shape index (κ2) is 6.17. The van der Waals surface area contributed by atoms with Crippen LogP contribution in [0.4, 0.5) is 0 Å². The average molecular weight is 240 g/mol. The van der Waals surface area contributed by atoms with Crippen LogP contribution >= 0.6 is 0 Å². The van der Waals surface area contributed by atoms with E-state index in [1.54, 1.807) is 0 Å². The van der Waals surface area contributed by atoms with Gasteiger partial charge in [0.15, 0.2) is 0 Å². The molecule has 0 spiro atoms. The van der Waals surface area contributed by atoms with Gasteiger partial charge in [0.2, 0.25) is 0 Å². The van der Waals surface area contributed by atoms with E-state index >= 15 is 0 Å². The number of nitrogens with one attached hydrogen (secondary N) is 1. The van der Waals surface area contributed by atoms with Crippen LogP contribution < -0.4 is 5.32 Å². The van der Waals surface area contributed by atoms with Crippen LogP contribution in [0.5, 0.6) is 0 Å². The molecule has 2 aliphatic rings. The second-order valence-electron chi connectivity index (χ2n) is 5.84. The molecule has 17 heavy (non-hydrogen) atoms. The van der Waals surface area contributed by atoms with Gasteiger partial charge in [-0.05, 0) is 25.7 Å². The molecule has 0 aliphatic carbocycles. The van der Waals surface area contributed by atoms with Crippen LogP contribution in [0.1, 0.15) is 40.0 Å². The molecule has 0 bridgehead atoms. The summed E-state index contributed by atoms with van der Waals surface area (Å²) in [5.74, 6) is 0.773. The summed E-state index contributed by atoms with van der Waals surface area (Å²) in [5, 5.41) is 3.69. The van der Waals surface area contributed by atoms with E-state index in [-0.39, 0.29) is 0 Å². The quantitative estimate of drug-likeness (QED) is 0.812. The predicted molar refractivity (Wildman–Crippen MR) is 71.3 cm³/mol. The van der Waals surface area contributed by atoms with Crippen molar-refractivity contribution in [2.75, 3.05) is 26.2 Å². The highest BCUT2D eigenvalue weighted by molar-refractivity contribution is 4.87. The first kappa shape index (κ1) is 13.3. The van der Waals surface area contributed by atoms with Crippen LogP contribution in [0.25, 0.3) is 0 Å². The van der Waals surface area contributed by atoms with Crippen molar-refractivity contribution in [1.29, 1.82) is 0 Å². The molecule has 2 fully saturated rings. The molecule has 3 nitrogen and oxygen atoms in total. The summed E-state index contributed by atoms with van der Waals surface area (Å²) in [4.78, 5) is 2.63. The van der Waals surface area contributed by atoms with Gasteiger partial charge in [0.05, 0.1) is 6.10 Å². The van der Waals surface area contributed by atoms with E-state index < -0.39 is 0 Å². The van der Waals surface area contributed by atoms with Gasteiger partial charge in [-0.2, -0.15) is 0 Å². The Balaban J connectivity index is 1.85. The Kier molecular flexibility index (Phi) is 4.83. The largest absolute Gasteiger partial charge is 0.377 e. The maximum Gasteiger partial charge on any atom is 0.0702 e. The van der Waals surface area contributed by atoms with E-state index in [1.807, 2.05) is 0 Å². The third kappa shape index (κ3) is 3.43. The summed E-state index contributed by atoms with van der Waals surface area (Å²) in [6.07, 6.45) is 4.26. The van der Waals surface area contributed by atoms with Crippen molar-refractivity contribution in [3.63, 3.8) is 0 Å². The molecule has 4 unspecified atom stereocenters. The second-order valence-corrected chi connectivity index (χ2v) is 5.84. The third-order valence-corrected chi connectivity index (χ3v) is 4.52. The monoisotopic (exact) mass is 240 g/mol. The summed E-state index contributed by atoms with van der Waals surface area (Å²) >= 11 is 0. The third-order valence-electron chi connectivity index (χ3n) is 4.52. The Morgan fingerprint density at radius 2 is 2.29 bits per heavy atom. The lowest BCUT2D eigenvalue weighted by Crippen LogP contribution is -2.58. The fourth-order valence-electron chi connectivity index (χ4n) is 2.92. The summed E-state index contributed by atoms with van der Waals surface area (Å²) in [5.41, 5.74) is 0. The van der Waals surface area contributed by atoms with E-state index in [4.69, 9.17) is 4.74 Å². The lowest BCUT2D eigenvalue weighted by Gasteiger charge is -2.41. The van der Waals surface area contributed by atoms with Crippen molar-refractivity contribution in [1.82, 2.24) is 10.2 Å². The Hall–Kier alpha value is -0.120. The Morgan fingerprint density at radius 1 is 1.47 bits per heavy atom. The molecule has 0 aromatic heterocycles. The lowest BCUT2D eigenvalue weighted by atomic mass is 9.95. The number of ether oxygens (including phenoxy) is 1. The van der Waals surface area contributed by atoms with Gasteiger partial charge in [-0.15, -0.1) is 0 Å². The van der Waals surface area contributed by atoms with Crippen LogP contribution in [-0.4, -0.2) is 49.3 Å². The van der Waals surface area contributed by atoms with E-state index in [0.29, 0.717) is 18.2 Å². The van der Waals surface area contributed by atoms with Crippen molar-refractivity contribution in [3.05, 3.63) is 0 Å². The van der Waals surface area contributed by atoms with Gasteiger partial charge >= 0.3 is 0 Å². The van der Waals surface area contributed by atoms with Crippen molar-refractivity contribution in [2.24, 2.45) is 5.92 Å². The van der Waals surface area contributed by atoms with E-state index in [0.717, 1.165) is 25.6 Å². The lowest BCUT2D eigenvalue weighted by molar-refractivity contribution is 0.0375. The minimum absolute atomic E-state index is 0.494. The summed E-state index contributed by atoms with van der Waals surface area (Å²) in [6, 6.07) is 1.32. The van der Waals surface area contributed by atoms with Gasteiger partial charge in [-0.25, -0.2) is 0 Å². The van der Waals surface area contributed by atoms with Gasteiger partial charge in [0, 0.05) is 38.3 Å². The predicted octanol–water partition coefficient (Wildman–Crippen LogP) is 1.87. The van der Waals surface area contributed by atoms with Crippen LogP contribution in [0.3, 0.4) is 0 Å². The molecule has 2 heterocycles. The van der Waals surface area contributed by atoms with Crippen LogP contribution in [0.2, 0.25) is 0 Å². The van der Waals surface area contributed by atoms with Crippen molar-refractivity contribution in [3.8, 4) is 0 Å². The maximum atomic E-state index is 5.76.